The van der Waals surface area contributed by atoms with Gasteiger partial charge in [0, 0.05) is 29.1 Å². The highest BCUT2D eigenvalue weighted by Crippen LogP contribution is 2.22. The third-order valence-electron chi connectivity index (χ3n) is 4.14. The van der Waals surface area contributed by atoms with Crippen LogP contribution in [0, 0.1) is 10.1 Å². The van der Waals surface area contributed by atoms with Crippen molar-refractivity contribution in [3.8, 4) is 5.75 Å². The number of amides is 1. The average molecular weight is 422 g/mol. The second-order valence-corrected chi connectivity index (χ2v) is 6.94. The number of carbonyl (C=O) groups excluding carboxylic acids is 1. The molecule has 2 aromatic heterocycles. The van der Waals surface area contributed by atoms with Crippen molar-refractivity contribution in [2.75, 3.05) is 12.4 Å². The molecule has 1 N–H and O–H groups in total. The number of aromatic nitrogens is 1. The predicted molar refractivity (Wildman–Crippen MR) is 111 cm³/mol. The maximum Gasteiger partial charge on any atom is 0.270 e. The van der Waals surface area contributed by atoms with Gasteiger partial charge in [-0.25, -0.2) is 9.98 Å². The summed E-state index contributed by atoms with van der Waals surface area (Å²) in [5.41, 5.74) is 0.983. The van der Waals surface area contributed by atoms with E-state index < -0.39 is 10.8 Å². The largest absolute Gasteiger partial charge is 0.497 e. The van der Waals surface area contributed by atoms with Gasteiger partial charge >= 0.3 is 0 Å². The first-order chi connectivity index (χ1) is 14.5. The van der Waals surface area contributed by atoms with Gasteiger partial charge in [0.05, 0.1) is 17.7 Å². The summed E-state index contributed by atoms with van der Waals surface area (Å²) in [5.74, 6) is 0.174. The van der Waals surface area contributed by atoms with E-state index in [4.69, 9.17) is 9.15 Å². The lowest BCUT2D eigenvalue weighted by Crippen LogP contribution is -2.21. The van der Waals surface area contributed by atoms with Crippen LogP contribution in [0.25, 0.3) is 11.0 Å². The molecule has 0 radical (unpaired) electrons. The molecule has 4 aromatic rings. The van der Waals surface area contributed by atoms with E-state index in [1.807, 2.05) is 0 Å². The maximum absolute atomic E-state index is 12.9. The lowest BCUT2D eigenvalue weighted by Gasteiger charge is -2.05. The Morgan fingerprint density at radius 2 is 2.03 bits per heavy atom. The number of nitro groups is 1. The summed E-state index contributed by atoms with van der Waals surface area (Å²) in [6, 6.07) is 12.6. The van der Waals surface area contributed by atoms with Crippen LogP contribution in [0.1, 0.15) is 10.4 Å². The smallest absolute Gasteiger partial charge is 0.270 e. The Kier molecular flexibility index (Phi) is 5.22. The molecule has 150 valence electrons. The SMILES string of the molecule is COc1ccc(N=c2oc3ccc([N+](=O)[O-])cc3cc2C(=O)Nc2nccs2)cc1. The van der Waals surface area contributed by atoms with Gasteiger partial charge in [-0.2, -0.15) is 0 Å². The van der Waals surface area contributed by atoms with Crippen molar-refractivity contribution in [1.82, 2.24) is 4.98 Å². The lowest BCUT2D eigenvalue weighted by atomic mass is 10.1. The standard InChI is InChI=1S/C20H14N4O5S/c1-28-15-5-2-13(3-6-15)22-19-16(18(25)23-20-21-8-9-30-20)11-12-10-14(24(26)27)4-7-17(12)29-19/h2-11H,1H3,(H,21,23,25). The van der Waals surface area contributed by atoms with Crippen LogP contribution in [0.15, 0.2) is 69.5 Å². The van der Waals surface area contributed by atoms with Crippen molar-refractivity contribution >= 4 is 44.7 Å². The van der Waals surface area contributed by atoms with Gasteiger partial charge < -0.3 is 9.15 Å². The summed E-state index contributed by atoms with van der Waals surface area (Å²) in [6.07, 6.45) is 1.57. The fourth-order valence-electron chi connectivity index (χ4n) is 2.70. The molecule has 0 atom stereocenters. The number of nitrogens with one attached hydrogen (secondary N) is 1. The molecule has 9 nitrogen and oxygen atoms in total. The monoisotopic (exact) mass is 422 g/mol. The summed E-state index contributed by atoms with van der Waals surface area (Å²) in [5, 5.41) is 16.3. The minimum atomic E-state index is -0.510. The number of hydrogen-bond donors (Lipinski definition) is 1. The van der Waals surface area contributed by atoms with Gasteiger partial charge in [-0.3, -0.25) is 20.2 Å². The Morgan fingerprint density at radius 1 is 1.23 bits per heavy atom. The van der Waals surface area contributed by atoms with Crippen molar-refractivity contribution in [2.24, 2.45) is 4.99 Å². The van der Waals surface area contributed by atoms with Gasteiger partial charge in [0.1, 0.15) is 16.9 Å². The average Bonchev–Trinajstić information content (AvgIpc) is 3.26. The Morgan fingerprint density at radius 3 is 2.70 bits per heavy atom. The molecule has 4 rings (SSSR count). The van der Waals surface area contributed by atoms with E-state index in [0.717, 1.165) is 0 Å². The number of methoxy groups -OCH3 is 1. The molecule has 0 spiro atoms. The number of nitrogens with zero attached hydrogens (tertiary/aromatic N) is 3. The number of carbonyl (C=O) groups is 1. The first-order valence-corrected chi connectivity index (χ1v) is 9.53. The highest BCUT2D eigenvalue weighted by Gasteiger charge is 2.16. The van der Waals surface area contributed by atoms with E-state index in [2.05, 4.69) is 15.3 Å². The van der Waals surface area contributed by atoms with Crippen LogP contribution in [0.5, 0.6) is 5.75 Å². The van der Waals surface area contributed by atoms with Gasteiger partial charge in [-0.1, -0.05) is 0 Å². The number of fused-ring (bicyclic) bond motifs is 1. The third kappa shape index (κ3) is 4.03. The highest BCUT2D eigenvalue weighted by atomic mass is 32.1. The molecule has 10 heteroatoms. The predicted octanol–water partition coefficient (Wildman–Crippen LogP) is 4.29. The minimum absolute atomic E-state index is 0.0653. The van der Waals surface area contributed by atoms with Gasteiger partial charge in [0.25, 0.3) is 11.6 Å². The van der Waals surface area contributed by atoms with Crippen LogP contribution < -0.4 is 15.6 Å². The van der Waals surface area contributed by atoms with Gasteiger partial charge in [0.15, 0.2) is 5.13 Å². The van der Waals surface area contributed by atoms with Crippen LogP contribution in [0.4, 0.5) is 16.5 Å². The van der Waals surface area contributed by atoms with E-state index in [0.29, 0.717) is 27.5 Å². The number of hydrogen-bond acceptors (Lipinski definition) is 8. The molecule has 0 bridgehead atoms. The summed E-state index contributed by atoms with van der Waals surface area (Å²) in [4.78, 5) is 31.9. The molecular formula is C20H14N4O5S. The van der Waals surface area contributed by atoms with Crippen LogP contribution in [0.2, 0.25) is 0 Å². The Labute approximate surface area is 173 Å². The number of anilines is 1. The van der Waals surface area contributed by atoms with Crippen LogP contribution in [-0.2, 0) is 0 Å². The molecule has 30 heavy (non-hydrogen) atoms. The molecule has 2 heterocycles. The number of ether oxygens (including phenoxy) is 1. The van der Waals surface area contributed by atoms with E-state index in [1.54, 1.807) is 43.0 Å². The topological polar surface area (TPSA) is 120 Å². The Hall–Kier alpha value is -4.05. The molecular weight excluding hydrogens is 408 g/mol. The highest BCUT2D eigenvalue weighted by molar-refractivity contribution is 7.13. The normalized spacial score (nSPS) is 11.4. The Bertz CT molecular complexity index is 1300. The number of nitro benzene ring substituents is 1. The molecule has 0 aliphatic rings. The second kappa shape index (κ2) is 8.13. The molecule has 0 unspecified atom stereocenters. The van der Waals surface area contributed by atoms with Crippen molar-refractivity contribution in [2.45, 2.75) is 0 Å². The number of thiazole rings is 1. The van der Waals surface area contributed by atoms with Crippen molar-refractivity contribution in [3.63, 3.8) is 0 Å². The van der Waals surface area contributed by atoms with E-state index in [1.165, 1.54) is 35.6 Å². The van der Waals surface area contributed by atoms with Gasteiger partial charge in [0.2, 0.25) is 5.55 Å². The lowest BCUT2D eigenvalue weighted by molar-refractivity contribution is -0.384. The fourth-order valence-corrected chi connectivity index (χ4v) is 3.22. The number of rotatable bonds is 5. The van der Waals surface area contributed by atoms with E-state index >= 15 is 0 Å². The molecule has 0 aliphatic heterocycles. The molecule has 2 aromatic carbocycles. The second-order valence-electron chi connectivity index (χ2n) is 6.05. The summed E-state index contributed by atoms with van der Waals surface area (Å²) < 4.78 is 11.0. The van der Waals surface area contributed by atoms with Crippen LogP contribution >= 0.6 is 11.3 Å². The zero-order chi connectivity index (χ0) is 21.1. The molecule has 1 amide bonds. The maximum atomic E-state index is 12.9. The molecule has 0 saturated heterocycles. The zero-order valence-corrected chi connectivity index (χ0v) is 16.4. The van der Waals surface area contributed by atoms with Gasteiger partial charge in [-0.05, 0) is 36.4 Å². The summed E-state index contributed by atoms with van der Waals surface area (Å²) in [6.45, 7) is 0. The first-order valence-electron chi connectivity index (χ1n) is 8.65. The molecule has 0 aliphatic carbocycles. The van der Waals surface area contributed by atoms with Crippen LogP contribution in [0.3, 0.4) is 0 Å². The minimum Gasteiger partial charge on any atom is -0.497 e. The fraction of sp³-hybridized carbons (Fsp3) is 0.0500. The Balaban J connectivity index is 1.86. The third-order valence-corrected chi connectivity index (χ3v) is 4.83. The van der Waals surface area contributed by atoms with E-state index in [-0.39, 0.29) is 16.8 Å². The van der Waals surface area contributed by atoms with Crippen molar-refractivity contribution in [3.05, 3.63) is 81.3 Å². The first kappa shape index (κ1) is 19.3. The summed E-state index contributed by atoms with van der Waals surface area (Å²) in [7, 11) is 1.56. The molecule has 0 fully saturated rings. The quantitative estimate of drug-likeness (QED) is 0.378. The van der Waals surface area contributed by atoms with E-state index in [9.17, 15) is 14.9 Å². The van der Waals surface area contributed by atoms with Crippen LogP contribution in [-0.4, -0.2) is 22.9 Å². The number of benzene rings is 2. The summed E-state index contributed by atoms with van der Waals surface area (Å²) >= 11 is 1.26. The zero-order valence-electron chi connectivity index (χ0n) is 15.6. The number of non-ortho nitro benzene ring substituents is 1. The van der Waals surface area contributed by atoms with Gasteiger partial charge in [-0.15, -0.1) is 11.3 Å². The molecule has 0 saturated carbocycles. The van der Waals surface area contributed by atoms with Crippen molar-refractivity contribution < 1.29 is 18.9 Å². The van der Waals surface area contributed by atoms with Crippen molar-refractivity contribution in [1.29, 1.82) is 0 Å².